The maximum Gasteiger partial charge on any atom is 0.306 e. The summed E-state index contributed by atoms with van der Waals surface area (Å²) >= 11 is 0. The van der Waals surface area contributed by atoms with E-state index in [1.807, 2.05) is 0 Å². The second-order valence-corrected chi connectivity index (χ2v) is 19.5. The SMILES string of the molecule is CCCCCCCCCCCCCCCCCC(=O)OC[C@H](COC(=O)CCCCCCCCCCCCCCCCCC(C)C)OC(=O)CCCCCCCCC(C)C. The number of rotatable bonds is 48. The first-order valence-corrected chi connectivity index (χ1v) is 26.7. The van der Waals surface area contributed by atoms with Gasteiger partial charge in [-0.2, -0.15) is 0 Å². The third kappa shape index (κ3) is 47.5. The second kappa shape index (κ2) is 46.9. The van der Waals surface area contributed by atoms with Crippen molar-refractivity contribution in [3.8, 4) is 0 Å². The molecule has 356 valence electrons. The Hall–Kier alpha value is -1.59. The summed E-state index contributed by atoms with van der Waals surface area (Å²) in [5.74, 6) is 0.757. The van der Waals surface area contributed by atoms with Crippen molar-refractivity contribution in [2.75, 3.05) is 13.2 Å². The number of hydrogen-bond acceptors (Lipinski definition) is 6. The van der Waals surface area contributed by atoms with Crippen LogP contribution in [0, 0.1) is 11.8 Å². The summed E-state index contributed by atoms with van der Waals surface area (Å²) in [6, 6.07) is 0. The lowest BCUT2D eigenvalue weighted by atomic mass is 10.0. The quantitative estimate of drug-likeness (QED) is 0.0345. The van der Waals surface area contributed by atoms with E-state index < -0.39 is 6.10 Å². The fourth-order valence-corrected chi connectivity index (χ4v) is 8.17. The highest BCUT2D eigenvalue weighted by molar-refractivity contribution is 5.71. The van der Waals surface area contributed by atoms with E-state index in [1.165, 1.54) is 186 Å². The number of hydrogen-bond donors (Lipinski definition) is 0. The Kier molecular flexibility index (Phi) is 45.7. The van der Waals surface area contributed by atoms with E-state index in [0.29, 0.717) is 19.3 Å². The molecule has 0 aromatic rings. The summed E-state index contributed by atoms with van der Waals surface area (Å²) in [6.45, 7) is 11.3. The molecule has 6 nitrogen and oxygen atoms in total. The molecule has 0 aromatic heterocycles. The van der Waals surface area contributed by atoms with Crippen LogP contribution in [0.15, 0.2) is 0 Å². The molecule has 0 aliphatic heterocycles. The molecule has 0 saturated heterocycles. The molecule has 0 saturated carbocycles. The van der Waals surface area contributed by atoms with Gasteiger partial charge in [0.05, 0.1) is 0 Å². The summed E-state index contributed by atoms with van der Waals surface area (Å²) < 4.78 is 16.8. The lowest BCUT2D eigenvalue weighted by Crippen LogP contribution is -2.30. The van der Waals surface area contributed by atoms with E-state index in [-0.39, 0.29) is 31.1 Å². The van der Waals surface area contributed by atoms with Crippen LogP contribution in [-0.4, -0.2) is 37.2 Å². The molecule has 0 spiro atoms. The predicted octanol–water partition coefficient (Wildman–Crippen LogP) is 17.3. The number of unbranched alkanes of at least 4 members (excludes halogenated alkanes) is 33. The Bertz CT molecular complexity index is 916. The van der Waals surface area contributed by atoms with Crippen LogP contribution in [0.1, 0.15) is 298 Å². The van der Waals surface area contributed by atoms with Crippen molar-refractivity contribution in [1.29, 1.82) is 0 Å². The molecule has 1 atom stereocenters. The highest BCUT2D eigenvalue weighted by Crippen LogP contribution is 2.18. The normalized spacial score (nSPS) is 12.1. The van der Waals surface area contributed by atoms with Gasteiger partial charge >= 0.3 is 17.9 Å². The van der Waals surface area contributed by atoms with Crippen LogP contribution in [0.25, 0.3) is 0 Å². The van der Waals surface area contributed by atoms with Crippen molar-refractivity contribution in [2.45, 2.75) is 304 Å². The minimum atomic E-state index is -0.762. The maximum absolute atomic E-state index is 12.7. The molecule has 0 radical (unpaired) electrons. The standard InChI is InChI=1S/C54H104O6/c1-6-7-8-9-10-11-12-13-15-19-22-25-28-34-39-44-52(55)58-47-51(60-54(57)46-41-36-31-30-33-38-43-50(4)5)48-59-53(56)45-40-35-29-26-23-20-17-14-16-18-21-24-27-32-37-42-49(2)3/h49-51H,6-48H2,1-5H3/t51-/m1/s1. The van der Waals surface area contributed by atoms with Crippen LogP contribution in [0.5, 0.6) is 0 Å². The molecular formula is C54H104O6. The summed E-state index contributed by atoms with van der Waals surface area (Å²) in [5, 5.41) is 0. The Balaban J connectivity index is 4.21. The zero-order valence-corrected chi connectivity index (χ0v) is 41.1. The summed E-state index contributed by atoms with van der Waals surface area (Å²) in [4.78, 5) is 37.9. The van der Waals surface area contributed by atoms with Crippen LogP contribution < -0.4 is 0 Å². The van der Waals surface area contributed by atoms with Crippen LogP contribution in [0.2, 0.25) is 0 Å². The first-order valence-electron chi connectivity index (χ1n) is 26.7. The molecule has 0 aromatic carbocycles. The van der Waals surface area contributed by atoms with Gasteiger partial charge in [-0.3, -0.25) is 14.4 Å². The highest BCUT2D eigenvalue weighted by atomic mass is 16.6. The fourth-order valence-electron chi connectivity index (χ4n) is 8.17. The average molecular weight is 849 g/mol. The van der Waals surface area contributed by atoms with Gasteiger partial charge < -0.3 is 14.2 Å². The molecular weight excluding hydrogens is 745 g/mol. The number of esters is 3. The van der Waals surface area contributed by atoms with Crippen molar-refractivity contribution >= 4 is 17.9 Å². The molecule has 0 aliphatic rings. The Morgan fingerprint density at radius 2 is 0.550 bits per heavy atom. The molecule has 0 fully saturated rings. The summed E-state index contributed by atoms with van der Waals surface area (Å²) in [5.41, 5.74) is 0. The lowest BCUT2D eigenvalue weighted by Gasteiger charge is -2.18. The van der Waals surface area contributed by atoms with E-state index in [4.69, 9.17) is 14.2 Å². The second-order valence-electron chi connectivity index (χ2n) is 19.5. The minimum Gasteiger partial charge on any atom is -0.462 e. The van der Waals surface area contributed by atoms with Crippen molar-refractivity contribution in [2.24, 2.45) is 11.8 Å². The van der Waals surface area contributed by atoms with Gasteiger partial charge in [-0.05, 0) is 31.1 Å². The first-order chi connectivity index (χ1) is 29.2. The third-order valence-corrected chi connectivity index (χ3v) is 12.2. The van der Waals surface area contributed by atoms with Crippen LogP contribution in [0.4, 0.5) is 0 Å². The molecule has 6 heteroatoms. The Morgan fingerprint density at radius 3 is 0.817 bits per heavy atom. The molecule has 0 N–H and O–H groups in total. The minimum absolute atomic E-state index is 0.0645. The monoisotopic (exact) mass is 849 g/mol. The van der Waals surface area contributed by atoms with E-state index >= 15 is 0 Å². The predicted molar refractivity (Wildman–Crippen MR) is 256 cm³/mol. The van der Waals surface area contributed by atoms with Gasteiger partial charge in [0, 0.05) is 19.3 Å². The number of carbonyl (C=O) groups excluding carboxylic acids is 3. The van der Waals surface area contributed by atoms with Crippen molar-refractivity contribution < 1.29 is 28.6 Å². The summed E-state index contributed by atoms with van der Waals surface area (Å²) in [7, 11) is 0. The first kappa shape index (κ1) is 58.4. The molecule has 0 aliphatic carbocycles. The smallest absolute Gasteiger partial charge is 0.306 e. The fraction of sp³-hybridized carbons (Fsp3) is 0.944. The topological polar surface area (TPSA) is 78.9 Å². The molecule has 60 heavy (non-hydrogen) atoms. The molecule has 0 unspecified atom stereocenters. The zero-order chi connectivity index (χ0) is 44.0. The lowest BCUT2D eigenvalue weighted by molar-refractivity contribution is -0.167. The van der Waals surface area contributed by atoms with E-state index in [0.717, 1.165) is 69.6 Å². The largest absolute Gasteiger partial charge is 0.462 e. The van der Waals surface area contributed by atoms with Crippen molar-refractivity contribution in [1.82, 2.24) is 0 Å². The van der Waals surface area contributed by atoms with Gasteiger partial charge in [0.1, 0.15) is 13.2 Å². The van der Waals surface area contributed by atoms with Crippen LogP contribution in [-0.2, 0) is 28.6 Å². The summed E-state index contributed by atoms with van der Waals surface area (Å²) in [6.07, 6.45) is 48.2. The zero-order valence-electron chi connectivity index (χ0n) is 41.1. The van der Waals surface area contributed by atoms with Gasteiger partial charge in [-0.25, -0.2) is 0 Å². The molecule has 0 bridgehead atoms. The molecule has 0 heterocycles. The molecule has 0 amide bonds. The number of ether oxygens (including phenoxy) is 3. The highest BCUT2D eigenvalue weighted by Gasteiger charge is 2.19. The third-order valence-electron chi connectivity index (χ3n) is 12.2. The maximum atomic E-state index is 12.7. The van der Waals surface area contributed by atoms with E-state index in [9.17, 15) is 14.4 Å². The van der Waals surface area contributed by atoms with Crippen LogP contribution in [0.3, 0.4) is 0 Å². The number of carbonyl (C=O) groups is 3. The van der Waals surface area contributed by atoms with Gasteiger partial charge in [0.2, 0.25) is 0 Å². The van der Waals surface area contributed by atoms with Crippen LogP contribution >= 0.6 is 0 Å². The average Bonchev–Trinajstić information content (AvgIpc) is 3.22. The van der Waals surface area contributed by atoms with Gasteiger partial charge in [-0.15, -0.1) is 0 Å². The Labute approximate surface area is 374 Å². The Morgan fingerprint density at radius 1 is 0.317 bits per heavy atom. The van der Waals surface area contributed by atoms with Gasteiger partial charge in [-0.1, -0.05) is 259 Å². The molecule has 0 rings (SSSR count). The van der Waals surface area contributed by atoms with E-state index in [1.54, 1.807) is 0 Å². The van der Waals surface area contributed by atoms with Gasteiger partial charge in [0.15, 0.2) is 6.10 Å². The van der Waals surface area contributed by atoms with Crippen molar-refractivity contribution in [3.05, 3.63) is 0 Å². The van der Waals surface area contributed by atoms with E-state index in [2.05, 4.69) is 34.6 Å². The van der Waals surface area contributed by atoms with Gasteiger partial charge in [0.25, 0.3) is 0 Å². The van der Waals surface area contributed by atoms with Crippen molar-refractivity contribution in [3.63, 3.8) is 0 Å².